The van der Waals surface area contributed by atoms with E-state index in [1.807, 2.05) is 27.7 Å². The summed E-state index contributed by atoms with van der Waals surface area (Å²) in [5, 5.41) is 20.3. The molecule has 0 bridgehead atoms. The number of hydrogen-bond acceptors (Lipinski definition) is 6. The maximum Gasteiger partial charge on any atom is 2.00 e. The first-order valence-corrected chi connectivity index (χ1v) is 6.32. The van der Waals surface area contributed by atoms with Crippen LogP contribution >= 0.6 is 0 Å². The maximum absolute atomic E-state index is 10.2. The van der Waals surface area contributed by atoms with Crippen molar-refractivity contribution in [3.8, 4) is 0 Å². The molecule has 0 saturated heterocycles. The van der Waals surface area contributed by atoms with Crippen molar-refractivity contribution in [2.45, 2.75) is 40.3 Å². The predicted molar refractivity (Wildman–Crippen MR) is 69.6 cm³/mol. The Morgan fingerprint density at radius 2 is 0.842 bits per heavy atom. The molecule has 6 nitrogen and oxygen atoms in total. The summed E-state index contributed by atoms with van der Waals surface area (Å²) in [6.45, 7) is 8.84. The van der Waals surface area contributed by atoms with Crippen LogP contribution < -0.4 is 10.2 Å². The first-order chi connectivity index (χ1) is 8.69. The second-order valence-electron chi connectivity index (χ2n) is 3.01. The zero-order valence-electron chi connectivity index (χ0n) is 12.6. The molecule has 0 aromatic carbocycles. The summed E-state index contributed by atoms with van der Waals surface area (Å²) < 4.78 is 19.6. The van der Waals surface area contributed by atoms with Gasteiger partial charge in [0, 0.05) is 26.4 Å². The van der Waals surface area contributed by atoms with Gasteiger partial charge in [0.15, 0.2) is 0 Å². The molecule has 0 rings (SSSR count). The largest absolute Gasteiger partial charge is 2.00 e. The average Bonchev–Trinajstić information content (AvgIpc) is 2.39. The van der Waals surface area contributed by atoms with Crippen LogP contribution in [0.4, 0.5) is 0 Å². The van der Waals surface area contributed by atoms with Crippen molar-refractivity contribution in [2.24, 2.45) is 0 Å². The maximum atomic E-state index is 10.2. The molecule has 0 aromatic rings. The van der Waals surface area contributed by atoms with Crippen LogP contribution in [-0.2, 0) is 18.9 Å². The van der Waals surface area contributed by atoms with E-state index in [9.17, 15) is 10.2 Å². The average molecular weight is 291 g/mol. The Bertz CT molecular complexity index is 122. The predicted octanol–water partition coefficient (Wildman–Crippen LogP) is -0.889. The summed E-state index contributed by atoms with van der Waals surface area (Å²) in [4.78, 5) is 0. The fraction of sp³-hybridized carbons (Fsp3) is 1.00. The minimum absolute atomic E-state index is 0. The smallest absolute Gasteiger partial charge is 0.851 e. The number of ether oxygens (including phenoxy) is 4. The quantitative estimate of drug-likeness (QED) is 0.383. The van der Waals surface area contributed by atoms with Gasteiger partial charge in [-0.2, -0.15) is 0 Å². The van der Waals surface area contributed by atoms with E-state index in [-0.39, 0.29) is 36.3 Å². The van der Waals surface area contributed by atoms with E-state index < -0.39 is 12.6 Å². The summed E-state index contributed by atoms with van der Waals surface area (Å²) in [5.41, 5.74) is 0. The van der Waals surface area contributed by atoms with E-state index in [4.69, 9.17) is 18.9 Å². The molecule has 0 N–H and O–H groups in total. The Hall–Kier alpha value is 0.526. The van der Waals surface area contributed by atoms with Gasteiger partial charge < -0.3 is 29.2 Å². The summed E-state index contributed by atoms with van der Waals surface area (Å²) in [6, 6.07) is 0. The summed E-state index contributed by atoms with van der Waals surface area (Å²) in [7, 11) is 0. The monoisotopic (exact) mass is 290 g/mol. The number of rotatable bonds is 10. The zero-order valence-corrected chi connectivity index (χ0v) is 14.0. The molecule has 0 radical (unpaired) electrons. The van der Waals surface area contributed by atoms with E-state index in [1.165, 1.54) is 0 Å². The molecule has 0 unspecified atom stereocenters. The molecule has 0 aliphatic carbocycles. The summed E-state index contributed by atoms with van der Waals surface area (Å²) >= 11 is 0. The molecule has 0 saturated carbocycles. The van der Waals surface area contributed by atoms with Gasteiger partial charge in [-0.25, -0.2) is 0 Å². The van der Waals surface area contributed by atoms with Gasteiger partial charge in [-0.15, -0.1) is 0 Å². The van der Waals surface area contributed by atoms with E-state index in [0.717, 1.165) is 0 Å². The Morgan fingerprint density at radius 3 is 0.947 bits per heavy atom. The third kappa shape index (κ3) is 18.5. The van der Waals surface area contributed by atoms with E-state index >= 15 is 0 Å². The Balaban J connectivity index is -0.000000256. The second-order valence-corrected chi connectivity index (χ2v) is 3.01. The Labute approximate surface area is 132 Å². The van der Waals surface area contributed by atoms with Gasteiger partial charge in [-0.1, -0.05) is 13.2 Å². The molecular weight excluding hydrogens is 264 g/mol. The summed E-state index contributed by atoms with van der Waals surface area (Å²) in [6.07, 6.45) is -1.08. The molecule has 0 aliphatic rings. The second kappa shape index (κ2) is 20.8. The van der Waals surface area contributed by atoms with Crippen molar-refractivity contribution in [1.29, 1.82) is 0 Å². The molecule has 7 heteroatoms. The molecular formula is C12H26MgO6. The first-order valence-electron chi connectivity index (χ1n) is 6.32. The van der Waals surface area contributed by atoms with Crippen molar-refractivity contribution in [1.82, 2.24) is 0 Å². The van der Waals surface area contributed by atoms with Crippen molar-refractivity contribution in [3.05, 3.63) is 0 Å². The van der Waals surface area contributed by atoms with Crippen molar-refractivity contribution < 1.29 is 29.2 Å². The van der Waals surface area contributed by atoms with Gasteiger partial charge in [0.1, 0.15) is 12.6 Å². The molecule has 0 aromatic heterocycles. The molecule has 0 aliphatic heterocycles. The fourth-order valence-corrected chi connectivity index (χ4v) is 1.03. The topological polar surface area (TPSA) is 83.0 Å². The van der Waals surface area contributed by atoms with Crippen LogP contribution in [0.25, 0.3) is 0 Å². The van der Waals surface area contributed by atoms with Gasteiger partial charge in [-0.3, -0.25) is 0 Å². The Morgan fingerprint density at radius 1 is 0.632 bits per heavy atom. The third-order valence-electron chi connectivity index (χ3n) is 1.68. The van der Waals surface area contributed by atoms with E-state index in [0.29, 0.717) is 26.4 Å². The Kier molecular flexibility index (Phi) is 26.9. The fourth-order valence-electron chi connectivity index (χ4n) is 1.03. The number of hydrogen-bond donors (Lipinski definition) is 0. The normalized spacial score (nSPS) is 10.1. The van der Waals surface area contributed by atoms with Gasteiger partial charge >= 0.3 is 23.1 Å². The zero-order chi connectivity index (χ0) is 14.2. The SMILES string of the molecule is CCOC(C[O-])OCC.CCOC(C[O-])OCC.[Mg+2]. The summed E-state index contributed by atoms with van der Waals surface area (Å²) in [5.74, 6) is 0. The van der Waals surface area contributed by atoms with Crippen LogP contribution in [0.3, 0.4) is 0 Å². The first kappa shape index (κ1) is 24.5. The third-order valence-corrected chi connectivity index (χ3v) is 1.68. The van der Waals surface area contributed by atoms with E-state index in [2.05, 4.69) is 0 Å². The van der Waals surface area contributed by atoms with Crippen LogP contribution in [-0.4, -0.2) is 75.3 Å². The standard InChI is InChI=1S/2C6H13O3.Mg/c2*1-3-8-6(5-7)9-4-2;/h2*6H,3-5H2,1-2H3;/q2*-1;+2. The minimum Gasteiger partial charge on any atom is -0.851 e. The minimum atomic E-state index is -0.542. The van der Waals surface area contributed by atoms with Gasteiger partial charge in [0.25, 0.3) is 0 Å². The van der Waals surface area contributed by atoms with Crippen LogP contribution in [0, 0.1) is 0 Å². The van der Waals surface area contributed by atoms with Crippen LogP contribution in [0.15, 0.2) is 0 Å². The van der Waals surface area contributed by atoms with E-state index in [1.54, 1.807) is 0 Å². The molecule has 112 valence electrons. The van der Waals surface area contributed by atoms with Crippen LogP contribution in [0.5, 0.6) is 0 Å². The molecule has 0 atom stereocenters. The van der Waals surface area contributed by atoms with Gasteiger partial charge in [-0.05, 0) is 27.7 Å². The van der Waals surface area contributed by atoms with Crippen molar-refractivity contribution >= 4 is 23.1 Å². The molecule has 0 heterocycles. The molecule has 0 fully saturated rings. The molecule has 0 spiro atoms. The van der Waals surface area contributed by atoms with Gasteiger partial charge in [0.05, 0.1) is 0 Å². The van der Waals surface area contributed by atoms with Crippen LogP contribution in [0.2, 0.25) is 0 Å². The van der Waals surface area contributed by atoms with Crippen molar-refractivity contribution in [3.63, 3.8) is 0 Å². The van der Waals surface area contributed by atoms with Gasteiger partial charge in [0.2, 0.25) is 0 Å². The van der Waals surface area contributed by atoms with Crippen molar-refractivity contribution in [2.75, 3.05) is 39.6 Å². The molecule has 19 heavy (non-hydrogen) atoms. The van der Waals surface area contributed by atoms with Crippen LogP contribution in [0.1, 0.15) is 27.7 Å². The molecule has 0 amide bonds.